The van der Waals surface area contributed by atoms with Crippen molar-refractivity contribution >= 4 is 17.5 Å². The highest BCUT2D eigenvalue weighted by molar-refractivity contribution is 5.64. The van der Waals surface area contributed by atoms with Crippen LogP contribution < -0.4 is 22.1 Å². The molecule has 3 atom stereocenters. The second kappa shape index (κ2) is 9.29. The van der Waals surface area contributed by atoms with E-state index in [2.05, 4.69) is 30.8 Å². The monoisotopic (exact) mass is 463 g/mol. The van der Waals surface area contributed by atoms with Crippen molar-refractivity contribution in [1.29, 1.82) is 0 Å². The van der Waals surface area contributed by atoms with Gasteiger partial charge in [0.05, 0.1) is 29.2 Å². The Labute approximate surface area is 187 Å². The number of alkyl halides is 3. The van der Waals surface area contributed by atoms with Crippen LogP contribution in [-0.2, 0) is 6.18 Å². The molecule has 0 saturated heterocycles. The number of nitrogens with one attached hydrogen (secondary N) is 2. The molecule has 1 aliphatic rings. The summed E-state index contributed by atoms with van der Waals surface area (Å²) in [6, 6.07) is 3.35. The number of hydrogen-bond acceptors (Lipinski definition) is 9. The number of nitrogens with two attached hydrogens (primary N) is 2. The molecule has 2 heterocycles. The van der Waals surface area contributed by atoms with E-state index in [1.54, 1.807) is 0 Å². The second-order valence-electron chi connectivity index (χ2n) is 7.81. The Morgan fingerprint density at radius 3 is 2.55 bits per heavy atom. The lowest BCUT2D eigenvalue weighted by atomic mass is 9.91. The van der Waals surface area contributed by atoms with Gasteiger partial charge in [-0.15, -0.1) is 0 Å². The van der Waals surface area contributed by atoms with Crippen LogP contribution in [0.1, 0.15) is 43.0 Å². The van der Waals surface area contributed by atoms with Gasteiger partial charge in [0.25, 0.3) is 0 Å². The van der Waals surface area contributed by atoms with Crippen molar-refractivity contribution in [3.63, 3.8) is 0 Å². The zero-order valence-electron chi connectivity index (χ0n) is 17.5. The number of hydrogen-bond donors (Lipinski definition) is 5. The molecule has 2 aromatic heterocycles. The van der Waals surface area contributed by atoms with Gasteiger partial charge in [-0.25, -0.2) is 4.98 Å². The molecule has 3 aromatic rings. The lowest BCUT2D eigenvalue weighted by molar-refractivity contribution is -0.137. The highest BCUT2D eigenvalue weighted by Gasteiger charge is 2.34. The largest absolute Gasteiger partial charge is 0.418 e. The van der Waals surface area contributed by atoms with Crippen LogP contribution in [0, 0.1) is 0 Å². The number of aliphatic hydroxyl groups is 1. The Bertz CT molecular complexity index is 1090. The molecule has 1 fully saturated rings. The van der Waals surface area contributed by atoms with Crippen LogP contribution >= 0.6 is 0 Å². The molecule has 4 rings (SSSR count). The molecule has 0 amide bonds. The molecule has 0 bridgehead atoms. The minimum Gasteiger partial charge on any atom is -0.374 e. The number of halogens is 3. The molecule has 33 heavy (non-hydrogen) atoms. The molecule has 7 N–H and O–H groups in total. The Kier molecular flexibility index (Phi) is 6.44. The van der Waals surface area contributed by atoms with Gasteiger partial charge in [-0.05, 0) is 31.0 Å². The Morgan fingerprint density at radius 1 is 1.15 bits per heavy atom. The van der Waals surface area contributed by atoms with E-state index < -0.39 is 18.0 Å². The maximum absolute atomic E-state index is 13.5. The first-order valence-corrected chi connectivity index (χ1v) is 10.4. The van der Waals surface area contributed by atoms with Crippen LogP contribution in [0.4, 0.5) is 30.6 Å². The van der Waals surface area contributed by atoms with Gasteiger partial charge in [-0.1, -0.05) is 12.8 Å². The van der Waals surface area contributed by atoms with Crippen LogP contribution in [0.25, 0.3) is 5.69 Å². The zero-order valence-corrected chi connectivity index (χ0v) is 17.5. The van der Waals surface area contributed by atoms with E-state index in [0.29, 0.717) is 0 Å². The third kappa shape index (κ3) is 5.21. The molecule has 1 saturated carbocycles. The molecule has 13 heteroatoms. The van der Waals surface area contributed by atoms with Gasteiger partial charge < -0.3 is 27.2 Å². The van der Waals surface area contributed by atoms with Crippen LogP contribution in [0.5, 0.6) is 0 Å². The van der Waals surface area contributed by atoms with Gasteiger partial charge in [-0.2, -0.15) is 33.1 Å². The molecule has 10 nitrogen and oxygen atoms in total. The summed E-state index contributed by atoms with van der Waals surface area (Å²) in [7, 11) is 0. The first-order valence-electron chi connectivity index (χ1n) is 10.4. The predicted octanol–water partition coefficient (Wildman–Crippen LogP) is 2.45. The SMILES string of the molecule is NC(O)c1cnc(N[C@@H]2CCCC[C@@H]2N)nc1Nc1ccc(C(F)(F)F)c(-n2nccn2)c1. The van der Waals surface area contributed by atoms with Gasteiger partial charge in [0, 0.05) is 24.0 Å². The predicted molar refractivity (Wildman–Crippen MR) is 115 cm³/mol. The molecule has 1 aliphatic carbocycles. The lowest BCUT2D eigenvalue weighted by Gasteiger charge is -2.29. The summed E-state index contributed by atoms with van der Waals surface area (Å²) in [5, 5.41) is 23.7. The molecule has 1 aromatic carbocycles. The summed E-state index contributed by atoms with van der Waals surface area (Å²) >= 11 is 0. The molecule has 0 spiro atoms. The van der Waals surface area contributed by atoms with Crippen LogP contribution in [0.15, 0.2) is 36.8 Å². The van der Waals surface area contributed by atoms with Crippen molar-refractivity contribution in [2.45, 2.75) is 50.2 Å². The molecule has 1 unspecified atom stereocenters. The minimum atomic E-state index is -4.61. The van der Waals surface area contributed by atoms with E-state index in [9.17, 15) is 18.3 Å². The van der Waals surface area contributed by atoms with E-state index in [-0.39, 0.29) is 40.8 Å². The van der Waals surface area contributed by atoms with Gasteiger partial charge in [0.15, 0.2) is 0 Å². The van der Waals surface area contributed by atoms with Crippen LogP contribution in [0.2, 0.25) is 0 Å². The van der Waals surface area contributed by atoms with Gasteiger partial charge >= 0.3 is 6.18 Å². The van der Waals surface area contributed by atoms with Crippen molar-refractivity contribution in [3.8, 4) is 5.69 Å². The quantitative estimate of drug-likeness (QED) is 0.347. The van der Waals surface area contributed by atoms with Crippen molar-refractivity contribution in [1.82, 2.24) is 25.0 Å². The van der Waals surface area contributed by atoms with E-state index in [0.717, 1.165) is 36.5 Å². The normalized spacial score (nSPS) is 19.8. The summed E-state index contributed by atoms with van der Waals surface area (Å²) in [6.07, 6.45) is 1.76. The van der Waals surface area contributed by atoms with Gasteiger partial charge in [0.1, 0.15) is 12.0 Å². The summed E-state index contributed by atoms with van der Waals surface area (Å²) in [4.78, 5) is 9.48. The van der Waals surface area contributed by atoms with Crippen LogP contribution in [-0.4, -0.2) is 42.2 Å². The van der Waals surface area contributed by atoms with Crippen molar-refractivity contribution in [2.75, 3.05) is 10.6 Å². The van der Waals surface area contributed by atoms with E-state index >= 15 is 0 Å². The van der Waals surface area contributed by atoms with E-state index in [1.165, 1.54) is 30.7 Å². The third-order valence-corrected chi connectivity index (χ3v) is 5.47. The standard InChI is InChI=1S/C20H24F3N9O/c21-20(22,23)13-6-5-11(9-16(13)32-27-7-8-28-32)29-18-12(17(25)33)10-26-19(31-18)30-15-4-2-1-3-14(15)24/h5-10,14-15,17,33H,1-4,24-25H2,(H2,26,29,30,31)/t14-,15+,17?/m0/s1. The highest BCUT2D eigenvalue weighted by atomic mass is 19.4. The van der Waals surface area contributed by atoms with Crippen molar-refractivity contribution in [2.24, 2.45) is 11.5 Å². The minimum absolute atomic E-state index is 0.0104. The zero-order chi connectivity index (χ0) is 23.6. The Balaban J connectivity index is 1.66. The number of benzene rings is 1. The number of aromatic nitrogens is 5. The maximum atomic E-state index is 13.5. The fourth-order valence-corrected chi connectivity index (χ4v) is 3.77. The number of anilines is 3. The molecule has 0 aliphatic heterocycles. The average molecular weight is 463 g/mol. The summed E-state index contributed by atoms with van der Waals surface area (Å²) in [6.45, 7) is 0. The fraction of sp³-hybridized carbons (Fsp3) is 0.400. The average Bonchev–Trinajstić information content (AvgIpc) is 3.29. The third-order valence-electron chi connectivity index (χ3n) is 5.47. The second-order valence-corrected chi connectivity index (χ2v) is 7.81. The van der Waals surface area contributed by atoms with Crippen molar-refractivity contribution in [3.05, 3.63) is 47.9 Å². The van der Waals surface area contributed by atoms with E-state index in [1.807, 2.05) is 0 Å². The van der Waals surface area contributed by atoms with Crippen molar-refractivity contribution < 1.29 is 18.3 Å². The molecule has 0 radical (unpaired) electrons. The topological polar surface area (TPSA) is 153 Å². The first kappa shape index (κ1) is 22.9. The summed E-state index contributed by atoms with van der Waals surface area (Å²) < 4.78 is 40.5. The Morgan fingerprint density at radius 2 is 1.88 bits per heavy atom. The Hall–Kier alpha value is -3.29. The van der Waals surface area contributed by atoms with Gasteiger partial charge in [-0.3, -0.25) is 0 Å². The summed E-state index contributed by atoms with van der Waals surface area (Å²) in [5.41, 5.74) is 11.1. The first-order chi connectivity index (χ1) is 15.7. The summed E-state index contributed by atoms with van der Waals surface area (Å²) in [5.74, 6) is 0.413. The highest BCUT2D eigenvalue weighted by Crippen LogP contribution is 2.35. The smallest absolute Gasteiger partial charge is 0.374 e. The molecule has 176 valence electrons. The lowest BCUT2D eigenvalue weighted by Crippen LogP contribution is -2.43. The van der Waals surface area contributed by atoms with E-state index in [4.69, 9.17) is 11.5 Å². The number of rotatable bonds is 6. The van der Waals surface area contributed by atoms with Crippen LogP contribution in [0.3, 0.4) is 0 Å². The van der Waals surface area contributed by atoms with Gasteiger partial charge in [0.2, 0.25) is 5.95 Å². The fourth-order valence-electron chi connectivity index (χ4n) is 3.77. The molecular formula is C20H24F3N9O. The molecular weight excluding hydrogens is 439 g/mol. The number of nitrogens with zero attached hydrogens (tertiary/aromatic N) is 5. The maximum Gasteiger partial charge on any atom is 0.418 e. The number of aliphatic hydroxyl groups excluding tert-OH is 1.